The number of pyridine rings is 1. The second-order valence-electron chi connectivity index (χ2n) is 8.85. The molecule has 2 aliphatic heterocycles. The molecule has 0 amide bonds. The number of hydrogen-bond acceptors (Lipinski definition) is 5. The first-order valence-electron chi connectivity index (χ1n) is 10.7. The van der Waals surface area contributed by atoms with Gasteiger partial charge in [0.25, 0.3) is 0 Å². The van der Waals surface area contributed by atoms with E-state index in [-0.39, 0.29) is 5.65 Å². The molecule has 6 nitrogen and oxygen atoms in total. The number of aryl methyl sites for hydroxylation is 1. The monoisotopic (exact) mass is 418 g/mol. The number of imidazole rings is 1. The highest BCUT2D eigenvalue weighted by atomic mass is 19.1. The van der Waals surface area contributed by atoms with Gasteiger partial charge >= 0.3 is 5.63 Å². The fraction of sp³-hybridized carbons (Fsp3) is 0.333. The summed E-state index contributed by atoms with van der Waals surface area (Å²) in [6.45, 7) is 3.80. The van der Waals surface area contributed by atoms with Gasteiger partial charge in [-0.05, 0) is 56.6 Å². The van der Waals surface area contributed by atoms with E-state index in [0.717, 1.165) is 29.7 Å². The molecule has 2 bridgehead atoms. The number of rotatable bonds is 2. The zero-order valence-electron chi connectivity index (χ0n) is 17.5. The maximum absolute atomic E-state index is 14.2. The standard InChI is InChI=1S/C24H23FN4O2/c1-14-7-20(25)23-26-21(13-29(23)10-14)19-8-15-3-4-16(9-22(15)31-24(19)30)28-11-17-5-6-18(12-28)27(17)2/h3-4,7-10,13,17-18H,5-6,11-12H2,1-2H3. The van der Waals surface area contributed by atoms with Gasteiger partial charge in [-0.2, -0.15) is 0 Å². The molecular weight excluding hydrogens is 395 g/mol. The summed E-state index contributed by atoms with van der Waals surface area (Å²) in [4.78, 5) is 22.0. The third-order valence-electron chi connectivity index (χ3n) is 6.85. The number of piperazine rings is 1. The van der Waals surface area contributed by atoms with Gasteiger partial charge in [-0.3, -0.25) is 4.90 Å². The molecule has 6 rings (SSSR count). The third-order valence-corrected chi connectivity index (χ3v) is 6.85. The predicted molar refractivity (Wildman–Crippen MR) is 118 cm³/mol. The van der Waals surface area contributed by atoms with Crippen LogP contribution >= 0.6 is 0 Å². The Kier molecular flexibility index (Phi) is 3.99. The van der Waals surface area contributed by atoms with Crippen molar-refractivity contribution in [2.75, 3.05) is 25.0 Å². The summed E-state index contributed by atoms with van der Waals surface area (Å²) >= 11 is 0. The number of anilines is 1. The van der Waals surface area contributed by atoms with Crippen molar-refractivity contribution >= 4 is 22.3 Å². The zero-order valence-corrected chi connectivity index (χ0v) is 17.5. The summed E-state index contributed by atoms with van der Waals surface area (Å²) in [7, 11) is 2.22. The van der Waals surface area contributed by atoms with Crippen LogP contribution in [0.25, 0.3) is 27.9 Å². The Morgan fingerprint density at radius 2 is 1.87 bits per heavy atom. The van der Waals surface area contributed by atoms with Crippen LogP contribution in [0, 0.1) is 12.7 Å². The van der Waals surface area contributed by atoms with Crippen LogP contribution in [0.4, 0.5) is 10.1 Å². The molecule has 2 aliphatic rings. The molecule has 0 N–H and O–H groups in total. The molecule has 2 atom stereocenters. The summed E-state index contributed by atoms with van der Waals surface area (Å²) in [5.74, 6) is -0.415. The van der Waals surface area contributed by atoms with E-state index in [9.17, 15) is 9.18 Å². The molecule has 1 aromatic carbocycles. The minimum absolute atomic E-state index is 0.195. The number of halogens is 1. The quantitative estimate of drug-likeness (QED) is 0.463. The number of benzene rings is 1. The molecule has 7 heteroatoms. The van der Waals surface area contributed by atoms with Crippen LogP contribution in [-0.2, 0) is 0 Å². The van der Waals surface area contributed by atoms with Crippen molar-refractivity contribution in [1.29, 1.82) is 0 Å². The van der Waals surface area contributed by atoms with Crippen LogP contribution in [0.3, 0.4) is 0 Å². The van der Waals surface area contributed by atoms with Gasteiger partial charge in [0.1, 0.15) is 5.58 Å². The van der Waals surface area contributed by atoms with Crippen LogP contribution < -0.4 is 10.5 Å². The van der Waals surface area contributed by atoms with Crippen molar-refractivity contribution < 1.29 is 8.81 Å². The molecule has 5 heterocycles. The summed E-state index contributed by atoms with van der Waals surface area (Å²) in [6.07, 6.45) is 5.93. The van der Waals surface area contributed by atoms with E-state index in [0.29, 0.717) is 28.9 Å². The van der Waals surface area contributed by atoms with Crippen LogP contribution in [0.2, 0.25) is 0 Å². The largest absolute Gasteiger partial charge is 0.422 e. The SMILES string of the molecule is Cc1cc(F)c2nc(-c3cc4ccc(N5CC6CCC(C5)N6C)cc4oc3=O)cn2c1. The number of aromatic nitrogens is 2. The van der Waals surface area contributed by atoms with E-state index in [4.69, 9.17) is 4.42 Å². The lowest BCUT2D eigenvalue weighted by Gasteiger charge is -2.40. The van der Waals surface area contributed by atoms with Crippen LogP contribution in [0.5, 0.6) is 0 Å². The number of nitrogens with zero attached hydrogens (tertiary/aromatic N) is 4. The van der Waals surface area contributed by atoms with Gasteiger partial charge in [-0.15, -0.1) is 0 Å². The third kappa shape index (κ3) is 2.95. The molecule has 2 unspecified atom stereocenters. The Bertz CT molecular complexity index is 1380. The Balaban J connectivity index is 1.39. The average Bonchev–Trinajstić information content (AvgIpc) is 3.22. The van der Waals surface area contributed by atoms with Gasteiger partial charge < -0.3 is 13.7 Å². The smallest absolute Gasteiger partial charge is 0.345 e. The van der Waals surface area contributed by atoms with Gasteiger partial charge in [0.2, 0.25) is 0 Å². The lowest BCUT2D eigenvalue weighted by Crippen LogP contribution is -2.52. The number of hydrogen-bond donors (Lipinski definition) is 0. The van der Waals surface area contributed by atoms with Crippen molar-refractivity contribution in [1.82, 2.24) is 14.3 Å². The molecule has 2 fully saturated rings. The van der Waals surface area contributed by atoms with Crippen LogP contribution in [0.1, 0.15) is 18.4 Å². The topological polar surface area (TPSA) is 54.0 Å². The molecule has 31 heavy (non-hydrogen) atoms. The molecule has 0 saturated carbocycles. The summed E-state index contributed by atoms with van der Waals surface area (Å²) in [5, 5.41) is 0.823. The Hall–Kier alpha value is -3.19. The summed E-state index contributed by atoms with van der Waals surface area (Å²) in [5.41, 5.74) is 2.88. The fourth-order valence-corrected chi connectivity index (χ4v) is 5.12. The summed E-state index contributed by atoms with van der Waals surface area (Å²) in [6, 6.07) is 10.4. The lowest BCUT2D eigenvalue weighted by atomic mass is 10.1. The van der Waals surface area contributed by atoms with Gasteiger partial charge in [0, 0.05) is 54.7 Å². The second-order valence-corrected chi connectivity index (χ2v) is 8.85. The van der Waals surface area contributed by atoms with Crippen molar-refractivity contribution in [3.8, 4) is 11.3 Å². The molecule has 0 spiro atoms. The zero-order chi connectivity index (χ0) is 21.3. The maximum atomic E-state index is 14.2. The van der Waals surface area contributed by atoms with Crippen LogP contribution in [-0.4, -0.2) is 46.5 Å². The first-order valence-corrected chi connectivity index (χ1v) is 10.7. The van der Waals surface area contributed by atoms with E-state index in [1.807, 2.05) is 19.1 Å². The molecule has 158 valence electrons. The summed E-state index contributed by atoms with van der Waals surface area (Å²) < 4.78 is 21.5. The van der Waals surface area contributed by atoms with Crippen molar-refractivity contribution in [2.24, 2.45) is 0 Å². The van der Waals surface area contributed by atoms with E-state index < -0.39 is 11.4 Å². The molecule has 2 saturated heterocycles. The van der Waals surface area contributed by atoms with E-state index >= 15 is 0 Å². The van der Waals surface area contributed by atoms with Crippen molar-refractivity contribution in [3.63, 3.8) is 0 Å². The highest BCUT2D eigenvalue weighted by molar-refractivity contribution is 5.84. The maximum Gasteiger partial charge on any atom is 0.345 e. The Morgan fingerprint density at radius 1 is 1.10 bits per heavy atom. The van der Waals surface area contributed by atoms with Crippen LogP contribution in [0.15, 0.2) is 51.9 Å². The molecule has 3 aromatic heterocycles. The lowest BCUT2D eigenvalue weighted by molar-refractivity contribution is 0.212. The number of fused-ring (bicyclic) bond motifs is 4. The van der Waals surface area contributed by atoms with E-state index in [1.165, 1.54) is 18.9 Å². The first-order chi connectivity index (χ1) is 15.0. The fourth-order valence-electron chi connectivity index (χ4n) is 5.12. The molecule has 0 radical (unpaired) electrons. The van der Waals surface area contributed by atoms with Crippen molar-refractivity contribution in [2.45, 2.75) is 31.8 Å². The second kappa shape index (κ2) is 6.65. The molecule has 0 aliphatic carbocycles. The minimum atomic E-state index is -0.469. The normalized spacial score (nSPS) is 21.5. The van der Waals surface area contributed by atoms with Gasteiger partial charge in [-0.25, -0.2) is 14.2 Å². The van der Waals surface area contributed by atoms with E-state index in [2.05, 4.69) is 27.9 Å². The van der Waals surface area contributed by atoms with Crippen molar-refractivity contribution in [3.05, 3.63) is 64.5 Å². The molecular formula is C24H23FN4O2. The highest BCUT2D eigenvalue weighted by Crippen LogP contribution is 2.33. The predicted octanol–water partition coefficient (Wildman–Crippen LogP) is 3.84. The van der Waals surface area contributed by atoms with E-state index in [1.54, 1.807) is 22.9 Å². The first kappa shape index (κ1) is 18.6. The Morgan fingerprint density at radius 3 is 2.65 bits per heavy atom. The van der Waals surface area contributed by atoms with Gasteiger partial charge in [-0.1, -0.05) is 0 Å². The highest BCUT2D eigenvalue weighted by Gasteiger charge is 2.37. The molecule has 4 aromatic rings. The average molecular weight is 418 g/mol. The Labute approximate surface area is 178 Å². The number of likely N-dealkylation sites (N-methyl/N-ethyl adjacent to an activating group) is 1. The van der Waals surface area contributed by atoms with Gasteiger partial charge in [0.05, 0.1) is 11.3 Å². The minimum Gasteiger partial charge on any atom is -0.422 e. The van der Waals surface area contributed by atoms with Gasteiger partial charge in [0.15, 0.2) is 11.5 Å².